The second-order valence-electron chi connectivity index (χ2n) is 7.74. The molecule has 12 nitrogen and oxygen atoms in total. The molecule has 0 saturated carbocycles. The van der Waals surface area contributed by atoms with Crippen molar-refractivity contribution in [3.63, 3.8) is 0 Å². The van der Waals surface area contributed by atoms with E-state index in [1.807, 2.05) is 29.1 Å². The Hall–Kier alpha value is -3.82. The predicted octanol–water partition coefficient (Wildman–Crippen LogP) is -0.581. The van der Waals surface area contributed by atoms with Gasteiger partial charge < -0.3 is 26.2 Å². The first-order chi connectivity index (χ1) is 17.4. The zero-order chi connectivity index (χ0) is 25.4. The molecule has 0 radical (unpaired) electrons. The molecule has 36 heavy (non-hydrogen) atoms. The van der Waals surface area contributed by atoms with Crippen molar-refractivity contribution in [2.24, 2.45) is 5.16 Å². The van der Waals surface area contributed by atoms with Crippen LogP contribution in [0, 0.1) is 0 Å². The number of β-lactam (4-membered cyclic amide) rings is 1. The van der Waals surface area contributed by atoms with Crippen LogP contribution in [-0.2, 0) is 20.9 Å². The van der Waals surface area contributed by atoms with Gasteiger partial charge in [0.15, 0.2) is 29.8 Å². The number of anilines is 1. The summed E-state index contributed by atoms with van der Waals surface area (Å²) in [5, 5.41) is 27.8. The fraction of sp³-hybridized carbons (Fsp3) is 0.190. The average Bonchev–Trinajstić information content (AvgIpc) is 3.55. The minimum absolute atomic E-state index is 0.0633. The molecule has 1 fully saturated rings. The molecule has 5 heterocycles. The second-order valence-corrected chi connectivity index (χ2v) is 10.6. The summed E-state index contributed by atoms with van der Waals surface area (Å²) in [6, 6.07) is 2.81. The van der Waals surface area contributed by atoms with Crippen molar-refractivity contribution < 1.29 is 29.3 Å². The van der Waals surface area contributed by atoms with Gasteiger partial charge in [0.2, 0.25) is 0 Å². The van der Waals surface area contributed by atoms with E-state index in [2.05, 4.69) is 20.4 Å². The maximum Gasteiger partial charge on any atom is 0.276 e. The summed E-state index contributed by atoms with van der Waals surface area (Å²) < 4.78 is 1.82. The predicted molar refractivity (Wildman–Crippen MR) is 130 cm³/mol. The normalized spacial score (nSPS) is 19.6. The molecule has 15 heteroatoms. The van der Waals surface area contributed by atoms with Gasteiger partial charge in [0.1, 0.15) is 17.1 Å². The summed E-state index contributed by atoms with van der Waals surface area (Å²) in [5.74, 6) is -2.58. The number of hydrogen-bond donors (Lipinski definition) is 3. The number of hydrogen-bond acceptors (Lipinski definition) is 12. The van der Waals surface area contributed by atoms with Gasteiger partial charge in [-0.25, -0.2) is 9.55 Å². The van der Waals surface area contributed by atoms with Crippen LogP contribution in [0.5, 0.6) is 0 Å². The van der Waals surface area contributed by atoms with E-state index in [1.165, 1.54) is 28.5 Å². The quantitative estimate of drug-likeness (QED) is 0.116. The van der Waals surface area contributed by atoms with Gasteiger partial charge in [-0.05, 0) is 0 Å². The van der Waals surface area contributed by atoms with Crippen LogP contribution in [0.25, 0.3) is 10.4 Å². The highest BCUT2D eigenvalue weighted by Crippen LogP contribution is 2.40. The molecule has 5 rings (SSSR count). The topological polar surface area (TPSA) is 178 Å². The molecule has 2 atom stereocenters. The molecule has 2 aliphatic rings. The molecule has 2 aliphatic heterocycles. The number of carbonyl (C=O) groups is 3. The Morgan fingerprint density at radius 3 is 2.72 bits per heavy atom. The number of pyridine rings is 1. The number of carboxylic acids is 1. The molecule has 184 valence electrons. The molecule has 3 aromatic heterocycles. The summed E-state index contributed by atoms with van der Waals surface area (Å²) in [4.78, 5) is 47.7. The number of thiazole rings is 2. The second kappa shape index (κ2) is 9.67. The lowest BCUT2D eigenvalue weighted by atomic mass is 10.0. The van der Waals surface area contributed by atoms with Crippen LogP contribution in [0.15, 0.2) is 58.0 Å². The van der Waals surface area contributed by atoms with Crippen molar-refractivity contribution in [2.75, 3.05) is 11.5 Å². The minimum atomic E-state index is -1.47. The molecular formula is C21H17N7O5S3. The first kappa shape index (κ1) is 23.9. The van der Waals surface area contributed by atoms with Gasteiger partial charge in [-0.15, -0.1) is 34.4 Å². The molecule has 4 N–H and O–H groups in total. The fourth-order valence-corrected chi connectivity index (χ4v) is 6.43. The van der Waals surface area contributed by atoms with Crippen molar-refractivity contribution in [1.82, 2.24) is 20.2 Å². The molecular weight excluding hydrogens is 526 g/mol. The summed E-state index contributed by atoms with van der Waals surface area (Å²) >= 11 is 3.90. The summed E-state index contributed by atoms with van der Waals surface area (Å²) in [5.41, 5.74) is 8.28. The minimum Gasteiger partial charge on any atom is -0.543 e. The van der Waals surface area contributed by atoms with Gasteiger partial charge in [-0.3, -0.25) is 19.5 Å². The fourth-order valence-electron chi connectivity index (χ4n) is 3.92. The lowest BCUT2D eigenvalue weighted by molar-refractivity contribution is -0.689. The van der Waals surface area contributed by atoms with Crippen LogP contribution < -0.4 is 20.7 Å². The lowest BCUT2D eigenvalue weighted by Gasteiger charge is -2.50. The van der Waals surface area contributed by atoms with Gasteiger partial charge in [0.05, 0.1) is 22.1 Å². The smallest absolute Gasteiger partial charge is 0.276 e. The Morgan fingerprint density at radius 2 is 2.11 bits per heavy atom. The van der Waals surface area contributed by atoms with Gasteiger partial charge in [0.25, 0.3) is 11.8 Å². The standard InChI is InChI=1S/C21H17N7O5S3/c22-21-24-12(8-35-21)14(26-33)17(29)25-15-18(30)28-16(20(31)32)11(7-34-19(15)28)6-27-3-1-10(2-4-27)13-5-23-9-36-13/h1-5,8-9,15,19H,6-7H2,(H4-,22,24,25,29,31,32,33)/t15-,19-/m1/s1. The number of amides is 2. The molecule has 3 aromatic rings. The lowest BCUT2D eigenvalue weighted by Crippen LogP contribution is -2.71. The van der Waals surface area contributed by atoms with Crippen LogP contribution in [0.3, 0.4) is 0 Å². The van der Waals surface area contributed by atoms with E-state index in [0.717, 1.165) is 26.7 Å². The molecule has 0 unspecified atom stereocenters. The largest absolute Gasteiger partial charge is 0.543 e. The molecule has 0 aromatic carbocycles. The van der Waals surface area contributed by atoms with E-state index in [0.29, 0.717) is 11.3 Å². The zero-order valence-electron chi connectivity index (χ0n) is 18.2. The third-order valence-corrected chi connectivity index (χ3v) is 8.42. The van der Waals surface area contributed by atoms with E-state index in [-0.39, 0.29) is 23.1 Å². The number of aromatic nitrogens is 3. The highest BCUT2D eigenvalue weighted by molar-refractivity contribution is 8.00. The van der Waals surface area contributed by atoms with Crippen molar-refractivity contribution in [3.05, 3.63) is 58.6 Å². The summed E-state index contributed by atoms with van der Waals surface area (Å²) in [7, 11) is 0. The number of fused-ring (bicyclic) bond motifs is 1. The SMILES string of the molecule is Nc1nc(/C(=N/O)C(=O)N[C@@H]2C(=O)N3C(C(=O)[O-])=C(C[n+]4ccc(-c5cncs5)cc4)CS[C@H]23)cs1. The van der Waals surface area contributed by atoms with Crippen LogP contribution in [0.4, 0.5) is 5.13 Å². The Labute approximate surface area is 215 Å². The summed E-state index contributed by atoms with van der Waals surface area (Å²) in [6.45, 7) is 0.249. The number of aliphatic carboxylic acids is 1. The van der Waals surface area contributed by atoms with Gasteiger partial charge in [-0.2, -0.15) is 0 Å². The van der Waals surface area contributed by atoms with E-state index < -0.39 is 34.9 Å². The van der Waals surface area contributed by atoms with Gasteiger partial charge >= 0.3 is 0 Å². The van der Waals surface area contributed by atoms with Crippen LogP contribution in [0.2, 0.25) is 0 Å². The molecule has 1 saturated heterocycles. The number of oxime groups is 1. The maximum atomic E-state index is 12.9. The number of nitrogens with zero attached hydrogens (tertiary/aromatic N) is 5. The zero-order valence-corrected chi connectivity index (χ0v) is 20.7. The highest BCUT2D eigenvalue weighted by Gasteiger charge is 2.53. The third-order valence-electron chi connectivity index (χ3n) is 5.59. The number of thioether (sulfide) groups is 1. The Kier molecular flexibility index (Phi) is 6.42. The van der Waals surface area contributed by atoms with E-state index in [1.54, 1.807) is 11.7 Å². The number of rotatable bonds is 7. The third kappa shape index (κ3) is 4.31. The molecule has 2 amide bonds. The Bertz CT molecular complexity index is 1400. The van der Waals surface area contributed by atoms with Crippen LogP contribution in [-0.4, -0.2) is 60.7 Å². The first-order valence-corrected chi connectivity index (χ1v) is 13.2. The van der Waals surface area contributed by atoms with Crippen molar-refractivity contribution in [2.45, 2.75) is 18.0 Å². The van der Waals surface area contributed by atoms with Crippen LogP contribution in [0.1, 0.15) is 5.69 Å². The monoisotopic (exact) mass is 543 g/mol. The Morgan fingerprint density at radius 1 is 1.33 bits per heavy atom. The average molecular weight is 544 g/mol. The number of nitrogen functional groups attached to an aromatic ring is 1. The number of carbonyl (C=O) groups excluding carboxylic acids is 3. The first-order valence-electron chi connectivity index (χ1n) is 10.4. The van der Waals surface area contributed by atoms with Gasteiger partial charge in [-0.1, -0.05) is 5.16 Å². The number of carboxylic acid groups (broad SMARTS) is 1. The van der Waals surface area contributed by atoms with Gasteiger partial charge in [0, 0.05) is 40.6 Å². The molecule has 0 aliphatic carbocycles. The maximum absolute atomic E-state index is 12.9. The van der Waals surface area contributed by atoms with E-state index >= 15 is 0 Å². The molecule has 0 bridgehead atoms. The van der Waals surface area contributed by atoms with Crippen molar-refractivity contribution in [1.29, 1.82) is 0 Å². The Balaban J connectivity index is 1.32. The van der Waals surface area contributed by atoms with Crippen LogP contribution >= 0.6 is 34.4 Å². The van der Waals surface area contributed by atoms with Crippen molar-refractivity contribution >= 4 is 63.1 Å². The van der Waals surface area contributed by atoms with E-state index in [4.69, 9.17) is 5.73 Å². The molecule has 0 spiro atoms. The number of nitrogens with two attached hydrogens (primary N) is 1. The highest BCUT2D eigenvalue weighted by atomic mass is 32.2. The number of nitrogens with one attached hydrogen (secondary N) is 1. The van der Waals surface area contributed by atoms with E-state index in [9.17, 15) is 24.7 Å². The summed E-state index contributed by atoms with van der Waals surface area (Å²) in [6.07, 6.45) is 5.42. The van der Waals surface area contributed by atoms with Crippen molar-refractivity contribution in [3.8, 4) is 10.4 Å².